The lowest BCUT2D eigenvalue weighted by Crippen LogP contribution is -2.14. The Morgan fingerprint density at radius 2 is 2.22 bits per heavy atom. The van der Waals surface area contributed by atoms with E-state index < -0.39 is 22.2 Å². The maximum Gasteiger partial charge on any atom is 0.286 e. The molecule has 1 saturated heterocycles. The van der Waals surface area contributed by atoms with Gasteiger partial charge in [0.25, 0.3) is 5.69 Å². The maximum atomic E-state index is 13.7. The Hall–Kier alpha value is -1.21. The molecule has 0 amide bonds. The van der Waals surface area contributed by atoms with Crippen LogP contribution in [0.4, 0.5) is 14.5 Å². The zero-order valence-corrected chi connectivity index (χ0v) is 10.4. The fourth-order valence-electron chi connectivity index (χ4n) is 1.80. The monoisotopic (exact) mass is 275 g/mol. The molecule has 2 rings (SSSR count). The molecule has 1 aromatic carbocycles. The number of halogens is 2. The van der Waals surface area contributed by atoms with Crippen molar-refractivity contribution in [1.82, 2.24) is 0 Å². The Morgan fingerprint density at radius 1 is 1.50 bits per heavy atom. The van der Waals surface area contributed by atoms with Gasteiger partial charge in [0.2, 0.25) is 0 Å². The van der Waals surface area contributed by atoms with Gasteiger partial charge in [-0.15, -0.1) is 11.8 Å². The lowest BCUT2D eigenvalue weighted by atomic mass is 10.2. The van der Waals surface area contributed by atoms with E-state index in [9.17, 15) is 18.9 Å². The first-order valence-corrected chi connectivity index (χ1v) is 6.29. The molecule has 98 valence electrons. The number of thioether (sulfide) groups is 1. The molecule has 1 aliphatic rings. The number of ether oxygens (including phenoxy) is 1. The van der Waals surface area contributed by atoms with E-state index in [1.165, 1.54) is 0 Å². The van der Waals surface area contributed by atoms with Gasteiger partial charge in [-0.3, -0.25) is 10.1 Å². The van der Waals surface area contributed by atoms with Crippen LogP contribution in [0.15, 0.2) is 17.0 Å². The van der Waals surface area contributed by atoms with Crippen molar-refractivity contribution in [3.8, 4) is 0 Å². The first-order valence-electron chi connectivity index (χ1n) is 5.41. The second-order valence-electron chi connectivity index (χ2n) is 3.99. The summed E-state index contributed by atoms with van der Waals surface area (Å²) in [6.45, 7) is 2.34. The van der Waals surface area contributed by atoms with Gasteiger partial charge in [-0.2, -0.15) is 0 Å². The zero-order valence-electron chi connectivity index (χ0n) is 9.56. The molecular weight excluding hydrogens is 264 g/mol. The normalized spacial score (nSPS) is 23.3. The molecule has 0 aliphatic carbocycles. The van der Waals surface area contributed by atoms with Gasteiger partial charge in [0.15, 0.2) is 11.6 Å². The van der Waals surface area contributed by atoms with Gasteiger partial charge in [-0.25, -0.2) is 8.78 Å². The van der Waals surface area contributed by atoms with Crippen LogP contribution >= 0.6 is 11.8 Å². The van der Waals surface area contributed by atoms with Crippen LogP contribution in [0.3, 0.4) is 0 Å². The minimum absolute atomic E-state index is 0.0972. The third-order valence-corrected chi connectivity index (χ3v) is 4.35. The first-order chi connectivity index (χ1) is 8.50. The number of rotatable bonds is 3. The largest absolute Gasteiger partial charge is 0.377 e. The summed E-state index contributed by atoms with van der Waals surface area (Å²) in [6, 6.07) is 1.76. The summed E-state index contributed by atoms with van der Waals surface area (Å²) >= 11 is 0.973. The summed E-state index contributed by atoms with van der Waals surface area (Å²) < 4.78 is 32.1. The lowest BCUT2D eigenvalue weighted by molar-refractivity contribution is -0.388. The average Bonchev–Trinajstić information content (AvgIpc) is 2.70. The van der Waals surface area contributed by atoms with E-state index in [0.717, 1.165) is 23.9 Å². The zero-order chi connectivity index (χ0) is 13.3. The molecule has 4 nitrogen and oxygen atoms in total. The van der Waals surface area contributed by atoms with Gasteiger partial charge in [-0.05, 0) is 19.4 Å². The SMILES string of the molecule is CC1OCCC1Sc1c([N+](=O)[O-])ccc(F)c1F. The highest BCUT2D eigenvalue weighted by Crippen LogP contribution is 2.39. The predicted octanol–water partition coefficient (Wildman–Crippen LogP) is 3.14. The summed E-state index contributed by atoms with van der Waals surface area (Å²) in [5.74, 6) is -2.23. The Bertz CT molecular complexity index is 484. The maximum absolute atomic E-state index is 13.7. The lowest BCUT2D eigenvalue weighted by Gasteiger charge is -2.14. The van der Waals surface area contributed by atoms with Crippen LogP contribution in [0.5, 0.6) is 0 Å². The van der Waals surface area contributed by atoms with Gasteiger partial charge in [0.05, 0.1) is 11.0 Å². The van der Waals surface area contributed by atoms with Crippen LogP contribution < -0.4 is 0 Å². The summed E-state index contributed by atoms with van der Waals surface area (Å²) in [7, 11) is 0. The van der Waals surface area contributed by atoms with E-state index in [4.69, 9.17) is 4.74 Å². The summed E-state index contributed by atoms with van der Waals surface area (Å²) in [5.41, 5.74) is -0.405. The van der Waals surface area contributed by atoms with Gasteiger partial charge >= 0.3 is 0 Å². The highest BCUT2D eigenvalue weighted by Gasteiger charge is 2.30. The van der Waals surface area contributed by atoms with Crippen LogP contribution in [0, 0.1) is 21.7 Å². The topological polar surface area (TPSA) is 52.4 Å². The van der Waals surface area contributed by atoms with Crippen molar-refractivity contribution in [2.75, 3.05) is 6.61 Å². The summed E-state index contributed by atoms with van der Waals surface area (Å²) in [6.07, 6.45) is 0.538. The van der Waals surface area contributed by atoms with E-state index in [2.05, 4.69) is 0 Å². The Morgan fingerprint density at radius 3 is 2.78 bits per heavy atom. The molecule has 2 unspecified atom stereocenters. The molecule has 0 aromatic heterocycles. The van der Waals surface area contributed by atoms with Crippen LogP contribution in [0.25, 0.3) is 0 Å². The molecule has 7 heteroatoms. The van der Waals surface area contributed by atoms with Crippen molar-refractivity contribution in [1.29, 1.82) is 0 Å². The van der Waals surface area contributed by atoms with E-state index in [1.54, 1.807) is 0 Å². The van der Waals surface area contributed by atoms with E-state index in [-0.39, 0.29) is 16.2 Å². The molecule has 1 aromatic rings. The molecule has 1 heterocycles. The average molecular weight is 275 g/mol. The van der Waals surface area contributed by atoms with E-state index >= 15 is 0 Å². The Kier molecular flexibility index (Phi) is 3.82. The molecule has 0 radical (unpaired) electrons. The molecule has 0 bridgehead atoms. The van der Waals surface area contributed by atoms with Crippen molar-refractivity contribution in [2.24, 2.45) is 0 Å². The highest BCUT2D eigenvalue weighted by molar-refractivity contribution is 8.00. The van der Waals surface area contributed by atoms with E-state index in [1.807, 2.05) is 6.92 Å². The second-order valence-corrected chi connectivity index (χ2v) is 5.24. The second kappa shape index (κ2) is 5.19. The Labute approximate surface area is 106 Å². The van der Waals surface area contributed by atoms with Crippen molar-refractivity contribution >= 4 is 17.4 Å². The summed E-state index contributed by atoms with van der Waals surface area (Å²) in [4.78, 5) is 9.86. The minimum atomic E-state index is -1.16. The third-order valence-electron chi connectivity index (χ3n) is 2.80. The smallest absolute Gasteiger partial charge is 0.286 e. The molecule has 0 N–H and O–H groups in total. The molecular formula is C11H11F2NO3S. The van der Waals surface area contributed by atoms with Gasteiger partial charge in [-0.1, -0.05) is 0 Å². The number of nitro benzene ring substituents is 1. The van der Waals surface area contributed by atoms with Crippen LogP contribution in [-0.4, -0.2) is 22.9 Å². The molecule has 1 fully saturated rings. The molecule has 1 aliphatic heterocycles. The van der Waals surface area contributed by atoms with Gasteiger partial charge in [0.1, 0.15) is 4.90 Å². The van der Waals surface area contributed by atoms with Crippen LogP contribution in [0.2, 0.25) is 0 Å². The quantitative estimate of drug-likeness (QED) is 0.628. The number of nitrogens with zero attached hydrogens (tertiary/aromatic N) is 1. The molecule has 18 heavy (non-hydrogen) atoms. The third kappa shape index (κ3) is 2.46. The van der Waals surface area contributed by atoms with Crippen molar-refractivity contribution in [3.63, 3.8) is 0 Å². The molecule has 2 atom stereocenters. The fourth-order valence-corrected chi connectivity index (χ4v) is 3.05. The fraction of sp³-hybridized carbons (Fsp3) is 0.455. The number of benzene rings is 1. The predicted molar refractivity (Wildman–Crippen MR) is 62.7 cm³/mol. The number of hydrogen-bond acceptors (Lipinski definition) is 4. The molecule has 0 saturated carbocycles. The number of hydrogen-bond donors (Lipinski definition) is 0. The van der Waals surface area contributed by atoms with Crippen molar-refractivity contribution in [2.45, 2.75) is 29.6 Å². The van der Waals surface area contributed by atoms with Crippen LogP contribution in [0.1, 0.15) is 13.3 Å². The minimum Gasteiger partial charge on any atom is -0.377 e. The molecule has 0 spiro atoms. The Balaban J connectivity index is 2.35. The summed E-state index contributed by atoms with van der Waals surface area (Å²) in [5, 5.41) is 10.7. The van der Waals surface area contributed by atoms with Gasteiger partial charge in [0, 0.05) is 17.9 Å². The van der Waals surface area contributed by atoms with E-state index in [0.29, 0.717) is 13.0 Å². The van der Waals surface area contributed by atoms with Crippen LogP contribution in [-0.2, 0) is 4.74 Å². The van der Waals surface area contributed by atoms with Gasteiger partial charge < -0.3 is 4.74 Å². The standard InChI is InChI=1S/C11H11F2NO3S/c1-6-9(4-5-17-6)18-11-8(14(15)16)3-2-7(12)10(11)13/h2-3,6,9H,4-5H2,1H3. The number of nitro groups is 1. The highest BCUT2D eigenvalue weighted by atomic mass is 32.2. The first kappa shape index (κ1) is 13.2. The van der Waals surface area contributed by atoms with Crippen molar-refractivity contribution in [3.05, 3.63) is 33.9 Å². The van der Waals surface area contributed by atoms with Crippen molar-refractivity contribution < 1.29 is 18.4 Å².